The molecular weight excluding hydrogens is 390 g/mol. The number of thiophene rings is 1. The number of carbonyl (C=O) groups excluding carboxylic acids is 2. The van der Waals surface area contributed by atoms with E-state index in [0.29, 0.717) is 35.6 Å². The standard InChI is InChI=1S/C20H19N5O3S/c26-16-15-13(12-5-2-1-3-6-12)10-29-17(15)22-14(21-16)9-25-8-4-7-20(11-25)18(27)23-19(28)24-20/h1-3,5-6,10H,4,7-9,11H2,(H,21,22,26)(H2,23,24,27,28). The summed E-state index contributed by atoms with van der Waals surface area (Å²) < 4.78 is 0. The van der Waals surface area contributed by atoms with Crippen molar-refractivity contribution in [3.05, 3.63) is 51.9 Å². The summed E-state index contributed by atoms with van der Waals surface area (Å²) in [6.07, 6.45) is 1.38. The molecule has 2 aliphatic heterocycles. The lowest BCUT2D eigenvalue weighted by molar-refractivity contribution is -0.126. The van der Waals surface area contributed by atoms with E-state index in [1.807, 2.05) is 40.6 Å². The lowest BCUT2D eigenvalue weighted by Gasteiger charge is -2.37. The van der Waals surface area contributed by atoms with Crippen molar-refractivity contribution >= 4 is 33.5 Å². The Kier molecular flexibility index (Phi) is 4.21. The summed E-state index contributed by atoms with van der Waals surface area (Å²) in [4.78, 5) is 46.9. The van der Waals surface area contributed by atoms with Gasteiger partial charge in [0.15, 0.2) is 0 Å². The van der Waals surface area contributed by atoms with Crippen LogP contribution in [0, 0.1) is 0 Å². The number of aromatic amines is 1. The van der Waals surface area contributed by atoms with Crippen LogP contribution in [0.1, 0.15) is 18.7 Å². The predicted octanol–water partition coefficient (Wildman–Crippen LogP) is 1.83. The van der Waals surface area contributed by atoms with Crippen LogP contribution in [-0.2, 0) is 11.3 Å². The molecule has 3 N–H and O–H groups in total. The second-order valence-electron chi connectivity index (χ2n) is 7.51. The largest absolute Gasteiger partial charge is 0.322 e. The number of benzene rings is 1. The van der Waals surface area contributed by atoms with E-state index in [9.17, 15) is 14.4 Å². The van der Waals surface area contributed by atoms with Crippen LogP contribution in [0.25, 0.3) is 21.3 Å². The summed E-state index contributed by atoms with van der Waals surface area (Å²) in [7, 11) is 0. The minimum Gasteiger partial charge on any atom is -0.322 e. The molecule has 1 aromatic carbocycles. The third-order valence-corrected chi connectivity index (χ3v) is 6.41. The van der Waals surface area contributed by atoms with Crippen molar-refractivity contribution in [3.63, 3.8) is 0 Å². The molecule has 1 unspecified atom stereocenters. The third kappa shape index (κ3) is 3.12. The third-order valence-electron chi connectivity index (χ3n) is 5.54. The Morgan fingerprint density at radius 1 is 1.17 bits per heavy atom. The van der Waals surface area contributed by atoms with E-state index in [2.05, 4.69) is 20.6 Å². The van der Waals surface area contributed by atoms with Gasteiger partial charge in [0.25, 0.3) is 11.5 Å². The average molecular weight is 409 g/mol. The molecule has 4 heterocycles. The first-order valence-electron chi connectivity index (χ1n) is 9.46. The summed E-state index contributed by atoms with van der Waals surface area (Å²) in [5, 5.41) is 7.65. The van der Waals surface area contributed by atoms with Crippen LogP contribution in [0.2, 0.25) is 0 Å². The monoisotopic (exact) mass is 409 g/mol. The first-order chi connectivity index (χ1) is 14.0. The van der Waals surface area contributed by atoms with Crippen molar-refractivity contribution in [3.8, 4) is 11.1 Å². The molecule has 0 saturated carbocycles. The van der Waals surface area contributed by atoms with Crippen molar-refractivity contribution in [2.24, 2.45) is 0 Å². The molecule has 2 fully saturated rings. The van der Waals surface area contributed by atoms with E-state index in [1.165, 1.54) is 11.3 Å². The molecule has 9 heteroatoms. The number of rotatable bonds is 3. The number of piperidine rings is 1. The number of nitrogens with one attached hydrogen (secondary N) is 3. The maximum absolute atomic E-state index is 12.8. The van der Waals surface area contributed by atoms with Gasteiger partial charge in [0.1, 0.15) is 16.2 Å². The lowest BCUT2D eigenvalue weighted by Crippen LogP contribution is -2.58. The van der Waals surface area contributed by atoms with Crippen molar-refractivity contribution in [2.75, 3.05) is 13.1 Å². The van der Waals surface area contributed by atoms with Gasteiger partial charge < -0.3 is 10.3 Å². The minimum absolute atomic E-state index is 0.163. The Hall–Kier alpha value is -3.04. The first-order valence-corrected chi connectivity index (χ1v) is 10.3. The molecule has 29 heavy (non-hydrogen) atoms. The number of nitrogens with zero attached hydrogens (tertiary/aromatic N) is 2. The maximum atomic E-state index is 12.8. The molecule has 1 spiro atoms. The van der Waals surface area contributed by atoms with Gasteiger partial charge in [-0.15, -0.1) is 11.3 Å². The van der Waals surface area contributed by atoms with Crippen molar-refractivity contribution in [1.82, 2.24) is 25.5 Å². The number of carbonyl (C=O) groups is 2. The molecule has 1 atom stereocenters. The van der Waals surface area contributed by atoms with Crippen LogP contribution in [0.3, 0.4) is 0 Å². The fourth-order valence-electron chi connectivity index (χ4n) is 4.21. The van der Waals surface area contributed by atoms with E-state index >= 15 is 0 Å². The van der Waals surface area contributed by atoms with E-state index in [1.54, 1.807) is 0 Å². The summed E-state index contributed by atoms with van der Waals surface area (Å²) in [6.45, 7) is 1.58. The molecule has 3 aromatic rings. The highest BCUT2D eigenvalue weighted by molar-refractivity contribution is 7.17. The fourth-order valence-corrected chi connectivity index (χ4v) is 5.17. The van der Waals surface area contributed by atoms with E-state index in [-0.39, 0.29) is 11.5 Å². The second-order valence-corrected chi connectivity index (χ2v) is 8.37. The number of aromatic nitrogens is 2. The molecule has 2 aromatic heterocycles. The molecule has 8 nitrogen and oxygen atoms in total. The zero-order valence-electron chi connectivity index (χ0n) is 15.5. The normalized spacial score (nSPS) is 22.2. The van der Waals surface area contributed by atoms with Gasteiger partial charge in [0.05, 0.1) is 11.9 Å². The van der Waals surface area contributed by atoms with Gasteiger partial charge in [-0.1, -0.05) is 30.3 Å². The highest BCUT2D eigenvalue weighted by Crippen LogP contribution is 2.31. The van der Waals surface area contributed by atoms with Crippen LogP contribution in [0.4, 0.5) is 4.79 Å². The van der Waals surface area contributed by atoms with Crippen LogP contribution in [-0.4, -0.2) is 45.4 Å². The summed E-state index contributed by atoms with van der Waals surface area (Å²) in [5.74, 6) is 0.278. The van der Waals surface area contributed by atoms with Crippen LogP contribution >= 0.6 is 11.3 Å². The number of urea groups is 1. The Morgan fingerprint density at radius 2 is 2.00 bits per heavy atom. The van der Waals surface area contributed by atoms with Gasteiger partial charge in [-0.2, -0.15) is 0 Å². The number of amides is 3. The zero-order chi connectivity index (χ0) is 20.0. The van der Waals surface area contributed by atoms with Crippen molar-refractivity contribution < 1.29 is 9.59 Å². The molecule has 0 aliphatic carbocycles. The Morgan fingerprint density at radius 3 is 2.76 bits per heavy atom. The molecule has 148 valence electrons. The van der Waals surface area contributed by atoms with Crippen LogP contribution in [0.5, 0.6) is 0 Å². The number of hydrogen-bond acceptors (Lipinski definition) is 6. The number of H-pyrrole nitrogens is 1. The molecule has 3 amide bonds. The number of likely N-dealkylation sites (tertiary alicyclic amines) is 1. The van der Waals surface area contributed by atoms with E-state index < -0.39 is 11.6 Å². The zero-order valence-corrected chi connectivity index (χ0v) is 16.3. The summed E-state index contributed by atoms with van der Waals surface area (Å²) >= 11 is 1.45. The lowest BCUT2D eigenvalue weighted by atomic mass is 9.89. The molecule has 5 rings (SSSR count). The maximum Gasteiger partial charge on any atom is 0.322 e. The van der Waals surface area contributed by atoms with Gasteiger partial charge in [0.2, 0.25) is 0 Å². The van der Waals surface area contributed by atoms with Gasteiger partial charge in [-0.05, 0) is 24.9 Å². The fraction of sp³-hybridized carbons (Fsp3) is 0.300. The SMILES string of the molecule is O=C1NC(=O)C2(CCCN(Cc3nc4scc(-c5ccccc5)c4c(=O)[nH]3)C2)N1. The van der Waals surface area contributed by atoms with Crippen molar-refractivity contribution in [2.45, 2.75) is 24.9 Å². The summed E-state index contributed by atoms with van der Waals surface area (Å²) in [5.41, 5.74) is 0.819. The van der Waals surface area contributed by atoms with Gasteiger partial charge in [0, 0.05) is 17.5 Å². The molecule has 2 saturated heterocycles. The molecule has 0 bridgehead atoms. The predicted molar refractivity (Wildman–Crippen MR) is 110 cm³/mol. The highest BCUT2D eigenvalue weighted by Gasteiger charge is 2.48. The number of hydrogen-bond donors (Lipinski definition) is 3. The van der Waals surface area contributed by atoms with Gasteiger partial charge >= 0.3 is 6.03 Å². The molecule has 0 radical (unpaired) electrons. The van der Waals surface area contributed by atoms with Gasteiger partial charge in [-0.25, -0.2) is 9.78 Å². The Bertz CT molecular complexity index is 1170. The van der Waals surface area contributed by atoms with E-state index in [0.717, 1.165) is 24.1 Å². The van der Waals surface area contributed by atoms with Crippen molar-refractivity contribution in [1.29, 1.82) is 0 Å². The Balaban J connectivity index is 1.42. The average Bonchev–Trinajstić information content (AvgIpc) is 3.24. The van der Waals surface area contributed by atoms with Gasteiger partial charge in [-0.3, -0.25) is 19.8 Å². The quantitative estimate of drug-likeness (QED) is 0.572. The van der Waals surface area contributed by atoms with Crippen LogP contribution < -0.4 is 16.2 Å². The topological polar surface area (TPSA) is 107 Å². The summed E-state index contributed by atoms with van der Waals surface area (Å²) in [6, 6.07) is 9.33. The molecule has 2 aliphatic rings. The smallest absolute Gasteiger partial charge is 0.322 e. The number of imide groups is 1. The Labute approximate surface area is 170 Å². The van der Waals surface area contributed by atoms with Crippen LogP contribution in [0.15, 0.2) is 40.5 Å². The first kappa shape index (κ1) is 18.0. The van der Waals surface area contributed by atoms with E-state index in [4.69, 9.17) is 0 Å². The second kappa shape index (κ2) is 6.78. The molecular formula is C20H19N5O3S. The highest BCUT2D eigenvalue weighted by atomic mass is 32.1. The number of fused-ring (bicyclic) bond motifs is 1. The minimum atomic E-state index is -0.886.